The first-order valence-electron chi connectivity index (χ1n) is 14.9. The molecule has 4 aliphatic carbocycles. The van der Waals surface area contributed by atoms with Gasteiger partial charge in [0.05, 0.1) is 36.1 Å². The highest BCUT2D eigenvalue weighted by atomic mass is 16.7. The van der Waals surface area contributed by atoms with Crippen molar-refractivity contribution < 1.29 is 44.2 Å². The zero-order valence-corrected chi connectivity index (χ0v) is 23.5. The van der Waals surface area contributed by atoms with Gasteiger partial charge in [-0.25, -0.2) is 4.79 Å². The summed E-state index contributed by atoms with van der Waals surface area (Å²) in [5.41, 5.74) is -2.06. The summed E-state index contributed by atoms with van der Waals surface area (Å²) in [6, 6.07) is 0. The van der Waals surface area contributed by atoms with Crippen molar-refractivity contribution in [3.05, 3.63) is 11.6 Å². The standard InChI is InChI=1S/C30H46O9/c1-17-26(33)23(36-3)13-25(38-17)39-19-4-9-28(16-31)21-5-8-27(2)20(18-12-24(32)37-15-18)7-11-30(27,35)22(21)6-10-29(28,34)14-19/h12,17,19-23,25-26,31,33-35H,4-11,13-16H2,1-3H3/t17-,19+,20-,21+,22-,23+,25+,26-,27-,28+,29+,30+/m1/s1. The molecule has 9 heteroatoms. The Kier molecular flexibility index (Phi) is 7.02. The minimum atomic E-state index is -1.09. The maximum absolute atomic E-state index is 12.4. The van der Waals surface area contributed by atoms with Gasteiger partial charge in [0.2, 0.25) is 0 Å². The van der Waals surface area contributed by atoms with Crippen LogP contribution in [-0.4, -0.2) is 88.6 Å². The molecule has 1 saturated heterocycles. The molecule has 4 saturated carbocycles. The maximum atomic E-state index is 12.4. The largest absolute Gasteiger partial charge is 0.458 e. The SMILES string of the molecule is CO[C@H]1C[C@H](O[C@H]2CC[C@]3(CO)[C@H]4CC[C@]5(C)[C@@H](C6=CC(=O)OC6)CC[C@]5(O)[C@@H]4CC[C@]3(O)C2)O[C@H](C)[C@H]1O. The number of hydrogen-bond donors (Lipinski definition) is 4. The number of ether oxygens (including phenoxy) is 4. The van der Waals surface area contributed by atoms with Gasteiger partial charge in [0.15, 0.2) is 6.29 Å². The molecule has 2 aliphatic heterocycles. The van der Waals surface area contributed by atoms with Crippen LogP contribution < -0.4 is 0 Å². The van der Waals surface area contributed by atoms with Gasteiger partial charge in [-0.15, -0.1) is 0 Å². The Bertz CT molecular complexity index is 1000. The number of carbonyl (C=O) groups is 1. The molecule has 0 aromatic heterocycles. The first-order valence-corrected chi connectivity index (χ1v) is 14.9. The topological polar surface area (TPSA) is 135 Å². The molecule has 0 bridgehead atoms. The van der Waals surface area contributed by atoms with Gasteiger partial charge >= 0.3 is 5.97 Å². The predicted molar refractivity (Wildman–Crippen MR) is 139 cm³/mol. The highest BCUT2D eigenvalue weighted by Crippen LogP contribution is 2.70. The molecular weight excluding hydrogens is 504 g/mol. The van der Waals surface area contributed by atoms with Crippen molar-refractivity contribution in [1.82, 2.24) is 0 Å². The van der Waals surface area contributed by atoms with Crippen molar-refractivity contribution in [1.29, 1.82) is 0 Å². The van der Waals surface area contributed by atoms with Crippen LogP contribution in [0.5, 0.6) is 0 Å². The van der Waals surface area contributed by atoms with E-state index < -0.39 is 35.1 Å². The van der Waals surface area contributed by atoms with E-state index in [1.807, 2.05) is 6.92 Å². The number of fused-ring (bicyclic) bond motifs is 5. The summed E-state index contributed by atoms with van der Waals surface area (Å²) in [7, 11) is 1.58. The van der Waals surface area contributed by atoms with Gasteiger partial charge in [0.25, 0.3) is 0 Å². The number of carbonyl (C=O) groups excluding carboxylic acids is 1. The Morgan fingerprint density at radius 1 is 1.08 bits per heavy atom. The summed E-state index contributed by atoms with van der Waals surface area (Å²) < 4.78 is 23.0. The van der Waals surface area contributed by atoms with Gasteiger partial charge in [0.1, 0.15) is 12.7 Å². The summed E-state index contributed by atoms with van der Waals surface area (Å²) in [6.45, 7) is 4.19. The quantitative estimate of drug-likeness (QED) is 0.300. The molecule has 5 fully saturated rings. The number of methoxy groups -OCH3 is 1. The Balaban J connectivity index is 1.20. The van der Waals surface area contributed by atoms with Crippen LogP contribution in [0, 0.1) is 28.6 Å². The number of aliphatic hydroxyl groups is 4. The summed E-state index contributed by atoms with van der Waals surface area (Å²) in [5, 5.41) is 45.9. The fourth-order valence-electron chi connectivity index (χ4n) is 10.2. The Labute approximate surface area is 230 Å². The lowest BCUT2D eigenvalue weighted by molar-refractivity contribution is -0.298. The van der Waals surface area contributed by atoms with Crippen LogP contribution in [0.15, 0.2) is 11.6 Å². The molecule has 2 heterocycles. The van der Waals surface area contributed by atoms with E-state index in [2.05, 4.69) is 6.92 Å². The van der Waals surface area contributed by atoms with Gasteiger partial charge in [-0.3, -0.25) is 0 Å². The minimum Gasteiger partial charge on any atom is -0.458 e. The third-order valence-electron chi connectivity index (χ3n) is 12.3. The third-order valence-corrected chi connectivity index (χ3v) is 12.3. The Morgan fingerprint density at radius 2 is 1.85 bits per heavy atom. The van der Waals surface area contributed by atoms with Gasteiger partial charge in [-0.1, -0.05) is 6.92 Å². The molecule has 0 radical (unpaired) electrons. The summed E-state index contributed by atoms with van der Waals surface area (Å²) in [6.07, 6.45) is 5.82. The predicted octanol–water partition coefficient (Wildman–Crippen LogP) is 2.23. The number of rotatable bonds is 5. The fraction of sp³-hybridized carbons (Fsp3) is 0.900. The second-order valence-corrected chi connectivity index (χ2v) is 13.7. The molecule has 0 unspecified atom stereocenters. The van der Waals surface area contributed by atoms with E-state index in [0.29, 0.717) is 51.6 Å². The van der Waals surface area contributed by atoms with E-state index in [4.69, 9.17) is 18.9 Å². The number of aliphatic hydroxyl groups excluding tert-OH is 2. The lowest BCUT2D eigenvalue weighted by Crippen LogP contribution is -2.69. The van der Waals surface area contributed by atoms with E-state index in [-0.39, 0.29) is 48.0 Å². The van der Waals surface area contributed by atoms with Crippen LogP contribution in [-0.2, 0) is 23.7 Å². The highest BCUT2D eigenvalue weighted by molar-refractivity contribution is 5.85. The lowest BCUT2D eigenvalue weighted by atomic mass is 9.41. The number of esters is 1. The van der Waals surface area contributed by atoms with Crippen molar-refractivity contribution in [2.45, 2.75) is 120 Å². The van der Waals surface area contributed by atoms with E-state index in [1.165, 1.54) is 0 Å². The Morgan fingerprint density at radius 3 is 2.54 bits per heavy atom. The highest BCUT2D eigenvalue weighted by Gasteiger charge is 2.71. The lowest BCUT2D eigenvalue weighted by Gasteiger charge is -2.66. The third kappa shape index (κ3) is 4.02. The van der Waals surface area contributed by atoms with E-state index in [1.54, 1.807) is 13.2 Å². The Hall–Kier alpha value is -1.07. The summed E-state index contributed by atoms with van der Waals surface area (Å²) in [4.78, 5) is 11.8. The zero-order chi connectivity index (χ0) is 27.8. The van der Waals surface area contributed by atoms with Crippen molar-refractivity contribution in [3.63, 3.8) is 0 Å². The maximum Gasteiger partial charge on any atom is 0.331 e. The molecule has 0 aromatic rings. The van der Waals surface area contributed by atoms with Gasteiger partial charge < -0.3 is 39.4 Å². The molecule has 0 amide bonds. The van der Waals surface area contributed by atoms with E-state index in [9.17, 15) is 25.2 Å². The van der Waals surface area contributed by atoms with Crippen molar-refractivity contribution in [3.8, 4) is 0 Å². The molecule has 9 nitrogen and oxygen atoms in total. The average molecular weight is 551 g/mol. The molecule has 220 valence electrons. The van der Waals surface area contributed by atoms with Crippen LogP contribution in [0.1, 0.15) is 78.1 Å². The van der Waals surface area contributed by atoms with Crippen molar-refractivity contribution >= 4 is 5.97 Å². The van der Waals surface area contributed by atoms with Crippen molar-refractivity contribution in [2.75, 3.05) is 20.3 Å². The first kappa shape index (κ1) is 28.1. The monoisotopic (exact) mass is 550 g/mol. The molecule has 4 N–H and O–H groups in total. The van der Waals surface area contributed by atoms with Gasteiger partial charge in [-0.2, -0.15) is 0 Å². The normalized spacial score (nSPS) is 53.4. The second kappa shape index (κ2) is 9.75. The average Bonchev–Trinajstić information content (AvgIpc) is 3.45. The van der Waals surface area contributed by atoms with Gasteiger partial charge in [-0.05, 0) is 81.6 Å². The van der Waals surface area contributed by atoms with Crippen LogP contribution in [0.3, 0.4) is 0 Å². The molecule has 12 atom stereocenters. The molecule has 0 aromatic carbocycles. The number of cyclic esters (lactones) is 1. The van der Waals surface area contributed by atoms with Crippen LogP contribution in [0.2, 0.25) is 0 Å². The molecule has 39 heavy (non-hydrogen) atoms. The van der Waals surface area contributed by atoms with E-state index >= 15 is 0 Å². The van der Waals surface area contributed by atoms with Crippen LogP contribution in [0.4, 0.5) is 0 Å². The minimum absolute atomic E-state index is 0.00781. The summed E-state index contributed by atoms with van der Waals surface area (Å²) in [5.74, 6) is -0.192. The van der Waals surface area contributed by atoms with Crippen LogP contribution in [0.25, 0.3) is 0 Å². The summed E-state index contributed by atoms with van der Waals surface area (Å²) >= 11 is 0. The molecule has 0 spiro atoms. The molecular formula is C30H46O9. The zero-order valence-electron chi connectivity index (χ0n) is 23.5. The molecule has 6 aliphatic rings. The van der Waals surface area contributed by atoms with Gasteiger partial charge in [0, 0.05) is 36.9 Å². The molecule has 6 rings (SSSR count). The number of hydrogen-bond acceptors (Lipinski definition) is 9. The smallest absolute Gasteiger partial charge is 0.331 e. The van der Waals surface area contributed by atoms with Crippen LogP contribution >= 0.6 is 0 Å². The first-order chi connectivity index (χ1) is 18.5. The second-order valence-electron chi connectivity index (χ2n) is 13.7. The van der Waals surface area contributed by atoms with E-state index in [0.717, 1.165) is 24.8 Å². The fourth-order valence-corrected chi connectivity index (χ4v) is 10.2. The van der Waals surface area contributed by atoms with Crippen molar-refractivity contribution in [2.24, 2.45) is 28.6 Å².